The van der Waals surface area contributed by atoms with Crippen LogP contribution in [0.5, 0.6) is 0 Å². The summed E-state index contributed by atoms with van der Waals surface area (Å²) in [5.74, 6) is -1.47. The van der Waals surface area contributed by atoms with Gasteiger partial charge in [0.05, 0.1) is 6.61 Å². The van der Waals surface area contributed by atoms with Gasteiger partial charge in [-0.3, -0.25) is 4.79 Å². The first-order valence-electron chi connectivity index (χ1n) is 6.49. The molecule has 5 nitrogen and oxygen atoms in total. The molecule has 2 rings (SSSR count). The van der Waals surface area contributed by atoms with Gasteiger partial charge < -0.3 is 14.2 Å². The predicted octanol–water partition coefficient (Wildman–Crippen LogP) is 1.58. The second kappa shape index (κ2) is 4.63. The van der Waals surface area contributed by atoms with E-state index in [1.54, 1.807) is 20.8 Å². The van der Waals surface area contributed by atoms with Crippen LogP contribution < -0.4 is 0 Å². The van der Waals surface area contributed by atoms with E-state index in [0.29, 0.717) is 12.8 Å². The van der Waals surface area contributed by atoms with Gasteiger partial charge in [0.1, 0.15) is 0 Å². The predicted molar refractivity (Wildman–Crippen MR) is 62.9 cm³/mol. The number of rotatable bonds is 2. The van der Waals surface area contributed by atoms with Gasteiger partial charge in [-0.15, -0.1) is 0 Å². The molecule has 102 valence electrons. The third-order valence-corrected chi connectivity index (χ3v) is 3.43. The molecule has 1 aliphatic heterocycles. The van der Waals surface area contributed by atoms with Gasteiger partial charge in [-0.2, -0.15) is 0 Å². The molecule has 1 saturated heterocycles. The summed E-state index contributed by atoms with van der Waals surface area (Å²) in [5, 5.41) is 0. The molecule has 0 bridgehead atoms. The van der Waals surface area contributed by atoms with E-state index in [-0.39, 0.29) is 12.4 Å². The van der Waals surface area contributed by atoms with Crippen molar-refractivity contribution in [1.29, 1.82) is 0 Å². The van der Waals surface area contributed by atoms with Gasteiger partial charge in [-0.05, 0) is 40.0 Å². The molecule has 0 aromatic rings. The van der Waals surface area contributed by atoms with Gasteiger partial charge in [0.25, 0.3) is 0 Å². The molecule has 0 aromatic heterocycles. The SMILES string of the molecule is CCOC(=O)[C@H]1OC(C)(C)O[C@@]12CCCCC2=O. The van der Waals surface area contributed by atoms with Crippen LogP contribution in [0.2, 0.25) is 0 Å². The number of ether oxygens (including phenoxy) is 3. The number of carbonyl (C=O) groups is 2. The minimum Gasteiger partial charge on any atom is -0.464 e. The summed E-state index contributed by atoms with van der Waals surface area (Å²) in [6.45, 7) is 5.43. The Hall–Kier alpha value is -0.940. The van der Waals surface area contributed by atoms with Crippen molar-refractivity contribution >= 4 is 11.8 Å². The first-order chi connectivity index (χ1) is 8.41. The summed E-state index contributed by atoms with van der Waals surface area (Å²) in [5.41, 5.74) is -1.13. The lowest BCUT2D eigenvalue weighted by Gasteiger charge is -2.33. The highest BCUT2D eigenvalue weighted by atomic mass is 16.8. The van der Waals surface area contributed by atoms with Gasteiger partial charge in [0.2, 0.25) is 0 Å². The standard InChI is InChI=1S/C13H20O5/c1-4-16-11(15)10-13(18-12(2,3)17-10)8-6-5-7-9(13)14/h10H,4-8H2,1-3H3/t10-,13-/m1/s1. The van der Waals surface area contributed by atoms with Crippen LogP contribution in [0.1, 0.15) is 46.5 Å². The number of hydrogen-bond acceptors (Lipinski definition) is 5. The molecule has 18 heavy (non-hydrogen) atoms. The van der Waals surface area contributed by atoms with Crippen molar-refractivity contribution in [1.82, 2.24) is 0 Å². The van der Waals surface area contributed by atoms with Gasteiger partial charge in [0, 0.05) is 6.42 Å². The Labute approximate surface area is 107 Å². The Morgan fingerprint density at radius 1 is 1.44 bits per heavy atom. The van der Waals surface area contributed by atoms with Crippen molar-refractivity contribution in [2.45, 2.75) is 63.9 Å². The molecule has 0 radical (unpaired) electrons. The summed E-state index contributed by atoms with van der Waals surface area (Å²) < 4.78 is 16.4. The number of Topliss-reactive ketones (excluding diaryl/α,β-unsaturated/α-hetero) is 1. The first kappa shape index (κ1) is 13.5. The van der Waals surface area contributed by atoms with Crippen LogP contribution in [0.15, 0.2) is 0 Å². The quantitative estimate of drug-likeness (QED) is 0.702. The van der Waals surface area contributed by atoms with E-state index in [0.717, 1.165) is 12.8 Å². The normalized spacial score (nSPS) is 34.8. The fourth-order valence-electron chi connectivity index (χ4n) is 2.76. The lowest BCUT2D eigenvalue weighted by atomic mass is 9.79. The molecule has 0 unspecified atom stereocenters. The van der Waals surface area contributed by atoms with Crippen molar-refractivity contribution in [2.24, 2.45) is 0 Å². The molecule has 0 N–H and O–H groups in total. The second-order valence-corrected chi connectivity index (χ2v) is 5.27. The van der Waals surface area contributed by atoms with Crippen LogP contribution in [0, 0.1) is 0 Å². The Morgan fingerprint density at radius 3 is 2.78 bits per heavy atom. The third-order valence-electron chi connectivity index (χ3n) is 3.43. The van der Waals surface area contributed by atoms with Gasteiger partial charge in [0.15, 0.2) is 23.3 Å². The van der Waals surface area contributed by atoms with Crippen LogP contribution in [-0.2, 0) is 23.8 Å². The van der Waals surface area contributed by atoms with Gasteiger partial charge in [-0.1, -0.05) is 0 Å². The summed E-state index contributed by atoms with van der Waals surface area (Å²) >= 11 is 0. The largest absolute Gasteiger partial charge is 0.464 e. The molecule has 2 aliphatic rings. The molecular weight excluding hydrogens is 236 g/mol. The maximum absolute atomic E-state index is 12.2. The van der Waals surface area contributed by atoms with Crippen molar-refractivity contribution in [2.75, 3.05) is 6.61 Å². The fourth-order valence-corrected chi connectivity index (χ4v) is 2.76. The lowest BCUT2D eigenvalue weighted by molar-refractivity contribution is -0.177. The summed E-state index contributed by atoms with van der Waals surface area (Å²) in [6.07, 6.45) is 1.75. The van der Waals surface area contributed by atoms with E-state index in [1.807, 2.05) is 0 Å². The maximum atomic E-state index is 12.2. The molecule has 2 fully saturated rings. The minimum absolute atomic E-state index is 0.0441. The van der Waals surface area contributed by atoms with Crippen LogP contribution in [0.4, 0.5) is 0 Å². The first-order valence-corrected chi connectivity index (χ1v) is 6.49. The zero-order valence-corrected chi connectivity index (χ0v) is 11.2. The van der Waals surface area contributed by atoms with Crippen molar-refractivity contribution in [3.63, 3.8) is 0 Å². The molecule has 1 aliphatic carbocycles. The Kier molecular flexibility index (Phi) is 3.47. The molecule has 0 aromatic carbocycles. The van der Waals surface area contributed by atoms with E-state index >= 15 is 0 Å². The van der Waals surface area contributed by atoms with E-state index in [1.165, 1.54) is 0 Å². The highest BCUT2D eigenvalue weighted by Crippen LogP contribution is 2.44. The monoisotopic (exact) mass is 256 g/mol. The summed E-state index contributed by atoms with van der Waals surface area (Å²) in [7, 11) is 0. The molecule has 2 atom stereocenters. The average molecular weight is 256 g/mol. The number of esters is 1. The Bertz CT molecular complexity index is 362. The molecule has 1 heterocycles. The van der Waals surface area contributed by atoms with Gasteiger partial charge in [-0.25, -0.2) is 4.79 Å². The topological polar surface area (TPSA) is 61.8 Å². The van der Waals surface area contributed by atoms with Crippen molar-refractivity contribution < 1.29 is 23.8 Å². The Morgan fingerprint density at radius 2 is 2.17 bits per heavy atom. The molecule has 1 saturated carbocycles. The smallest absolute Gasteiger partial charge is 0.338 e. The van der Waals surface area contributed by atoms with E-state index in [2.05, 4.69) is 0 Å². The molecular formula is C13H20O5. The van der Waals surface area contributed by atoms with Crippen LogP contribution in [-0.4, -0.2) is 35.9 Å². The zero-order chi connectivity index (χ0) is 13.4. The van der Waals surface area contributed by atoms with Crippen LogP contribution in [0.25, 0.3) is 0 Å². The molecule has 5 heteroatoms. The maximum Gasteiger partial charge on any atom is 0.338 e. The number of ketones is 1. The lowest BCUT2D eigenvalue weighted by Crippen LogP contribution is -2.53. The zero-order valence-electron chi connectivity index (χ0n) is 11.2. The highest BCUT2D eigenvalue weighted by molar-refractivity contribution is 5.95. The van der Waals surface area contributed by atoms with E-state index in [4.69, 9.17) is 14.2 Å². The van der Waals surface area contributed by atoms with Gasteiger partial charge >= 0.3 is 5.97 Å². The average Bonchev–Trinajstić information content (AvgIpc) is 2.56. The van der Waals surface area contributed by atoms with Crippen LogP contribution >= 0.6 is 0 Å². The van der Waals surface area contributed by atoms with E-state index in [9.17, 15) is 9.59 Å². The summed E-state index contributed by atoms with van der Waals surface area (Å²) in [6, 6.07) is 0. The molecule has 0 amide bonds. The van der Waals surface area contributed by atoms with Crippen LogP contribution in [0.3, 0.4) is 0 Å². The van der Waals surface area contributed by atoms with Crippen molar-refractivity contribution in [3.8, 4) is 0 Å². The fraction of sp³-hybridized carbons (Fsp3) is 0.846. The second-order valence-electron chi connectivity index (χ2n) is 5.27. The summed E-state index contributed by atoms with van der Waals surface area (Å²) in [4.78, 5) is 24.2. The third kappa shape index (κ3) is 2.17. The Balaban J connectivity index is 2.29. The van der Waals surface area contributed by atoms with E-state index < -0.39 is 23.5 Å². The highest BCUT2D eigenvalue weighted by Gasteiger charge is 2.61. The molecule has 1 spiro atoms. The number of hydrogen-bond donors (Lipinski definition) is 0. The van der Waals surface area contributed by atoms with Crippen molar-refractivity contribution in [3.05, 3.63) is 0 Å². The number of carbonyl (C=O) groups excluding carboxylic acids is 2. The minimum atomic E-state index is -1.13.